The van der Waals surface area contributed by atoms with Crippen molar-refractivity contribution in [1.82, 2.24) is 14.9 Å². The molecule has 1 amide bonds. The van der Waals surface area contributed by atoms with Crippen molar-refractivity contribution in [2.45, 2.75) is 65.8 Å². The molecule has 2 aromatic heterocycles. The molecule has 5 nitrogen and oxygen atoms in total. The number of aromatic amines is 1. The molecular formula is C26H31N3O2S. The van der Waals surface area contributed by atoms with E-state index in [1.807, 2.05) is 11.0 Å². The van der Waals surface area contributed by atoms with Gasteiger partial charge in [-0.3, -0.25) is 9.59 Å². The third kappa shape index (κ3) is 4.01. The summed E-state index contributed by atoms with van der Waals surface area (Å²) in [5, 5.41) is 0.778. The molecule has 0 spiro atoms. The van der Waals surface area contributed by atoms with Crippen molar-refractivity contribution in [3.05, 3.63) is 62.0 Å². The highest BCUT2D eigenvalue weighted by Gasteiger charge is 2.31. The summed E-state index contributed by atoms with van der Waals surface area (Å²) in [4.78, 5) is 37.6. The van der Waals surface area contributed by atoms with Gasteiger partial charge in [-0.05, 0) is 53.7 Å². The van der Waals surface area contributed by atoms with Gasteiger partial charge in [-0.2, -0.15) is 0 Å². The van der Waals surface area contributed by atoms with Crippen molar-refractivity contribution in [2.24, 2.45) is 11.3 Å². The maximum atomic E-state index is 12.9. The fraction of sp³-hybridized carbons (Fsp3) is 0.500. The van der Waals surface area contributed by atoms with Crippen LogP contribution in [0.15, 0.2) is 29.1 Å². The number of fused-ring (bicyclic) bond motifs is 4. The van der Waals surface area contributed by atoms with Crippen LogP contribution >= 0.6 is 11.3 Å². The second-order valence-electron chi connectivity index (χ2n) is 10.3. The predicted molar refractivity (Wildman–Crippen MR) is 129 cm³/mol. The third-order valence-electron chi connectivity index (χ3n) is 7.25. The molecule has 3 heterocycles. The van der Waals surface area contributed by atoms with Gasteiger partial charge in [-0.15, -0.1) is 11.3 Å². The number of aryl methyl sites for hydroxylation is 2. The topological polar surface area (TPSA) is 66.1 Å². The predicted octanol–water partition coefficient (Wildman–Crippen LogP) is 4.65. The van der Waals surface area contributed by atoms with Crippen LogP contribution in [0.5, 0.6) is 0 Å². The maximum Gasteiger partial charge on any atom is 0.259 e. The van der Waals surface area contributed by atoms with Gasteiger partial charge >= 0.3 is 0 Å². The number of H-pyrrole nitrogens is 1. The molecule has 1 aromatic carbocycles. The second kappa shape index (κ2) is 8.14. The highest BCUT2D eigenvalue weighted by Crippen LogP contribution is 2.42. The van der Waals surface area contributed by atoms with E-state index in [1.54, 1.807) is 11.3 Å². The zero-order valence-corrected chi connectivity index (χ0v) is 20.0. The summed E-state index contributed by atoms with van der Waals surface area (Å²) in [7, 11) is 0. The number of hydrogen-bond acceptors (Lipinski definition) is 4. The molecule has 1 aliphatic heterocycles. The fourth-order valence-electron chi connectivity index (χ4n) is 5.18. The molecular weight excluding hydrogens is 418 g/mol. The van der Waals surface area contributed by atoms with Crippen LogP contribution in [-0.4, -0.2) is 27.3 Å². The van der Waals surface area contributed by atoms with E-state index in [4.69, 9.17) is 4.98 Å². The zero-order valence-electron chi connectivity index (χ0n) is 19.2. The molecule has 2 aliphatic rings. The van der Waals surface area contributed by atoms with E-state index in [1.165, 1.54) is 21.6 Å². The van der Waals surface area contributed by atoms with Gasteiger partial charge in [-0.1, -0.05) is 45.0 Å². The molecule has 3 aromatic rings. The molecule has 0 saturated heterocycles. The van der Waals surface area contributed by atoms with Crippen molar-refractivity contribution < 1.29 is 4.79 Å². The van der Waals surface area contributed by atoms with Crippen molar-refractivity contribution in [3.63, 3.8) is 0 Å². The van der Waals surface area contributed by atoms with E-state index in [0.29, 0.717) is 31.1 Å². The molecule has 1 atom stereocenters. The van der Waals surface area contributed by atoms with E-state index in [-0.39, 0.29) is 16.9 Å². The standard InChI is InChI=1S/C26H31N3O2S/c1-26(2,3)18-8-9-19-20(14-18)32-25-23(19)24(31)27-21(28-25)10-11-22(30)29-13-12-16-6-4-5-7-17(16)15-29/h4-7,18H,8-15H2,1-3H3,(H,27,28,31). The minimum absolute atomic E-state index is 0.0453. The minimum atomic E-state index is -0.0453. The first-order valence-electron chi connectivity index (χ1n) is 11.7. The van der Waals surface area contributed by atoms with Gasteiger partial charge in [0.2, 0.25) is 5.91 Å². The molecule has 0 fully saturated rings. The van der Waals surface area contributed by atoms with Crippen molar-refractivity contribution in [2.75, 3.05) is 6.54 Å². The smallest absolute Gasteiger partial charge is 0.259 e. The normalized spacial score (nSPS) is 18.5. The highest BCUT2D eigenvalue weighted by atomic mass is 32.1. The van der Waals surface area contributed by atoms with E-state index in [9.17, 15) is 9.59 Å². The Labute approximate surface area is 192 Å². The summed E-state index contributed by atoms with van der Waals surface area (Å²) in [5.74, 6) is 1.38. The molecule has 6 heteroatoms. The Morgan fingerprint density at radius 1 is 1.22 bits per heavy atom. The van der Waals surface area contributed by atoms with Crippen LogP contribution in [0.25, 0.3) is 10.2 Å². The molecule has 1 N–H and O–H groups in total. The number of amides is 1. The number of rotatable bonds is 3. The van der Waals surface area contributed by atoms with Crippen LogP contribution in [0.4, 0.5) is 0 Å². The summed E-state index contributed by atoms with van der Waals surface area (Å²) in [6.45, 7) is 8.33. The van der Waals surface area contributed by atoms with E-state index in [2.05, 4.69) is 44.0 Å². The maximum absolute atomic E-state index is 12.9. The first-order chi connectivity index (χ1) is 15.3. The molecule has 0 radical (unpaired) electrons. The quantitative estimate of drug-likeness (QED) is 0.633. The van der Waals surface area contributed by atoms with Gasteiger partial charge < -0.3 is 9.88 Å². The summed E-state index contributed by atoms with van der Waals surface area (Å²) in [5.41, 5.74) is 4.00. The number of carbonyl (C=O) groups is 1. The second-order valence-corrected chi connectivity index (χ2v) is 11.4. The third-order valence-corrected chi connectivity index (χ3v) is 8.40. The Kier molecular flexibility index (Phi) is 5.44. The molecule has 1 unspecified atom stereocenters. The number of aromatic nitrogens is 2. The lowest BCUT2D eigenvalue weighted by atomic mass is 9.72. The summed E-state index contributed by atoms with van der Waals surface area (Å²) in [6.07, 6.45) is 4.85. The van der Waals surface area contributed by atoms with Crippen LogP contribution in [0.1, 0.15) is 61.0 Å². The number of hydrogen-bond donors (Lipinski definition) is 1. The lowest BCUT2D eigenvalue weighted by molar-refractivity contribution is -0.132. The lowest BCUT2D eigenvalue weighted by Gasteiger charge is -2.33. The fourth-order valence-corrected chi connectivity index (χ4v) is 6.50. The SMILES string of the molecule is CC(C)(C)C1CCc2c(sc3nc(CCC(=O)N4CCc5ccccc5C4)[nH]c(=O)c23)C1. The van der Waals surface area contributed by atoms with E-state index < -0.39 is 0 Å². The molecule has 0 saturated carbocycles. The van der Waals surface area contributed by atoms with Gasteiger partial charge in [0.1, 0.15) is 10.7 Å². The Balaban J connectivity index is 1.31. The van der Waals surface area contributed by atoms with Gasteiger partial charge in [0.25, 0.3) is 5.56 Å². The van der Waals surface area contributed by atoms with Crippen LogP contribution < -0.4 is 5.56 Å². The van der Waals surface area contributed by atoms with Crippen molar-refractivity contribution in [3.8, 4) is 0 Å². The van der Waals surface area contributed by atoms with Crippen molar-refractivity contribution in [1.29, 1.82) is 0 Å². The Hall–Kier alpha value is -2.47. The number of thiophene rings is 1. The first kappa shape index (κ1) is 21.4. The van der Waals surface area contributed by atoms with E-state index in [0.717, 1.165) is 42.4 Å². The van der Waals surface area contributed by atoms with Crippen LogP contribution in [-0.2, 0) is 37.0 Å². The van der Waals surface area contributed by atoms with Crippen molar-refractivity contribution >= 4 is 27.5 Å². The number of carbonyl (C=O) groups excluding carboxylic acids is 1. The largest absolute Gasteiger partial charge is 0.338 e. The highest BCUT2D eigenvalue weighted by molar-refractivity contribution is 7.18. The van der Waals surface area contributed by atoms with Crippen LogP contribution in [0.3, 0.4) is 0 Å². The lowest BCUT2D eigenvalue weighted by Crippen LogP contribution is -2.36. The molecule has 5 rings (SSSR count). The number of nitrogens with one attached hydrogen (secondary N) is 1. The van der Waals surface area contributed by atoms with Gasteiger partial charge in [0, 0.05) is 30.8 Å². The first-order valence-corrected chi connectivity index (χ1v) is 12.5. The number of nitrogens with zero attached hydrogens (tertiary/aromatic N) is 2. The van der Waals surface area contributed by atoms with Gasteiger partial charge in [0.05, 0.1) is 5.39 Å². The number of benzene rings is 1. The molecule has 1 aliphatic carbocycles. The zero-order chi connectivity index (χ0) is 22.5. The Bertz CT molecular complexity index is 1230. The Morgan fingerprint density at radius 2 is 2.00 bits per heavy atom. The summed E-state index contributed by atoms with van der Waals surface area (Å²) < 4.78 is 0. The average Bonchev–Trinajstić information content (AvgIpc) is 3.14. The van der Waals surface area contributed by atoms with E-state index >= 15 is 0 Å². The molecule has 168 valence electrons. The van der Waals surface area contributed by atoms with Crippen LogP contribution in [0, 0.1) is 11.3 Å². The monoisotopic (exact) mass is 449 g/mol. The minimum Gasteiger partial charge on any atom is -0.338 e. The average molecular weight is 450 g/mol. The van der Waals surface area contributed by atoms with Crippen LogP contribution in [0.2, 0.25) is 0 Å². The summed E-state index contributed by atoms with van der Waals surface area (Å²) in [6, 6.07) is 8.33. The molecule has 32 heavy (non-hydrogen) atoms. The van der Waals surface area contributed by atoms with Gasteiger partial charge in [-0.25, -0.2) is 4.98 Å². The summed E-state index contributed by atoms with van der Waals surface area (Å²) >= 11 is 1.68. The Morgan fingerprint density at radius 3 is 2.78 bits per heavy atom. The van der Waals surface area contributed by atoms with Gasteiger partial charge in [0.15, 0.2) is 0 Å². The molecule has 0 bridgehead atoms.